The van der Waals surface area contributed by atoms with E-state index in [-0.39, 0.29) is 12.1 Å². The molecule has 2 heterocycles. The zero-order valence-corrected chi connectivity index (χ0v) is 14.8. The van der Waals surface area contributed by atoms with Crippen molar-refractivity contribution >= 4 is 0 Å². The van der Waals surface area contributed by atoms with E-state index < -0.39 is 5.60 Å². The lowest BCUT2D eigenvalue weighted by atomic mass is 9.77. The van der Waals surface area contributed by atoms with Crippen molar-refractivity contribution in [1.29, 1.82) is 5.26 Å². The Kier molecular flexibility index (Phi) is 4.78. The predicted molar refractivity (Wildman–Crippen MR) is 99.4 cm³/mol. The molecule has 2 bridgehead atoms. The minimum Gasteiger partial charge on any atom is -0.389 e. The molecule has 2 aliphatic heterocycles. The van der Waals surface area contributed by atoms with Crippen LogP contribution in [0, 0.1) is 11.3 Å². The summed E-state index contributed by atoms with van der Waals surface area (Å²) in [6.45, 7) is 2.21. The standard InChI is InChI=1S/C22H24N2O2/c23-13-19-9-5-4-8-18(19)10-22(25)11-20-15-26-16-21(12-22)24(20)14-17-6-2-1-3-7-17/h1-9,20-21,25H,10-12,14-16H2. The van der Waals surface area contributed by atoms with E-state index in [0.29, 0.717) is 38.0 Å². The van der Waals surface area contributed by atoms with Crippen molar-refractivity contribution in [3.8, 4) is 6.07 Å². The molecular weight excluding hydrogens is 324 g/mol. The topological polar surface area (TPSA) is 56.5 Å². The van der Waals surface area contributed by atoms with Crippen LogP contribution in [0.2, 0.25) is 0 Å². The number of piperidine rings is 1. The molecule has 0 aromatic heterocycles. The molecule has 2 atom stereocenters. The normalized spacial score (nSPS) is 28.5. The number of hydrogen-bond donors (Lipinski definition) is 1. The maximum atomic E-state index is 11.3. The summed E-state index contributed by atoms with van der Waals surface area (Å²) in [5.74, 6) is 0. The zero-order chi connectivity index (χ0) is 18.0. The minimum atomic E-state index is -0.779. The van der Waals surface area contributed by atoms with Crippen LogP contribution in [0.4, 0.5) is 0 Å². The van der Waals surface area contributed by atoms with Gasteiger partial charge in [0.05, 0.1) is 30.4 Å². The number of fused-ring (bicyclic) bond motifs is 2. The second-order valence-electron chi connectivity index (χ2n) is 7.58. The van der Waals surface area contributed by atoms with Gasteiger partial charge >= 0.3 is 0 Å². The van der Waals surface area contributed by atoms with E-state index in [4.69, 9.17) is 4.74 Å². The van der Waals surface area contributed by atoms with Crippen LogP contribution in [0.5, 0.6) is 0 Å². The fraction of sp³-hybridized carbons (Fsp3) is 0.409. The van der Waals surface area contributed by atoms with Gasteiger partial charge in [0.25, 0.3) is 0 Å². The van der Waals surface area contributed by atoms with Gasteiger partial charge in [-0.25, -0.2) is 0 Å². The van der Waals surface area contributed by atoms with Crippen LogP contribution in [0.1, 0.15) is 29.5 Å². The van der Waals surface area contributed by atoms with Gasteiger partial charge in [-0.2, -0.15) is 5.26 Å². The van der Waals surface area contributed by atoms with E-state index in [1.54, 1.807) is 0 Å². The second-order valence-corrected chi connectivity index (χ2v) is 7.58. The van der Waals surface area contributed by atoms with Crippen molar-refractivity contribution in [2.75, 3.05) is 13.2 Å². The van der Waals surface area contributed by atoms with Gasteiger partial charge in [-0.1, -0.05) is 48.5 Å². The summed E-state index contributed by atoms with van der Waals surface area (Å²) in [7, 11) is 0. The first kappa shape index (κ1) is 17.2. The Morgan fingerprint density at radius 2 is 1.69 bits per heavy atom. The Labute approximate surface area is 154 Å². The summed E-state index contributed by atoms with van der Waals surface area (Å²) < 4.78 is 5.79. The van der Waals surface area contributed by atoms with Crippen molar-refractivity contribution in [3.05, 3.63) is 71.3 Å². The molecule has 2 aromatic carbocycles. The Balaban J connectivity index is 1.53. The maximum Gasteiger partial charge on any atom is 0.0994 e. The largest absolute Gasteiger partial charge is 0.389 e. The molecule has 2 aromatic rings. The number of nitriles is 1. The summed E-state index contributed by atoms with van der Waals surface area (Å²) in [6, 6.07) is 20.7. The Morgan fingerprint density at radius 1 is 1.04 bits per heavy atom. The minimum absolute atomic E-state index is 0.210. The third kappa shape index (κ3) is 3.52. The number of hydrogen-bond acceptors (Lipinski definition) is 4. The van der Waals surface area contributed by atoms with Gasteiger partial charge in [0, 0.05) is 25.0 Å². The highest BCUT2D eigenvalue weighted by molar-refractivity contribution is 5.38. The van der Waals surface area contributed by atoms with Crippen molar-refractivity contribution < 1.29 is 9.84 Å². The van der Waals surface area contributed by atoms with Gasteiger partial charge in [-0.05, 0) is 30.0 Å². The Hall–Kier alpha value is -2.19. The first-order valence-corrected chi connectivity index (χ1v) is 9.25. The smallest absolute Gasteiger partial charge is 0.0994 e. The molecule has 134 valence electrons. The van der Waals surface area contributed by atoms with Gasteiger partial charge in [-0.3, -0.25) is 4.90 Å². The average Bonchev–Trinajstić information content (AvgIpc) is 2.64. The third-order valence-corrected chi connectivity index (χ3v) is 5.65. The number of rotatable bonds is 4. The molecule has 26 heavy (non-hydrogen) atoms. The molecular formula is C22H24N2O2. The molecule has 2 fully saturated rings. The summed E-state index contributed by atoms with van der Waals surface area (Å²) in [5.41, 5.74) is 2.12. The van der Waals surface area contributed by atoms with Gasteiger partial charge in [0.2, 0.25) is 0 Å². The fourth-order valence-electron chi connectivity index (χ4n) is 4.48. The van der Waals surface area contributed by atoms with Crippen LogP contribution in [0.15, 0.2) is 54.6 Å². The molecule has 2 saturated heterocycles. The number of morpholine rings is 1. The monoisotopic (exact) mass is 348 g/mol. The molecule has 2 unspecified atom stereocenters. The Morgan fingerprint density at radius 3 is 2.38 bits per heavy atom. The first-order valence-electron chi connectivity index (χ1n) is 9.25. The molecule has 0 amide bonds. The summed E-state index contributed by atoms with van der Waals surface area (Å²) in [4.78, 5) is 2.49. The molecule has 4 nitrogen and oxygen atoms in total. The average molecular weight is 348 g/mol. The lowest BCUT2D eigenvalue weighted by Crippen LogP contribution is -2.61. The van der Waals surface area contributed by atoms with Crippen molar-refractivity contribution in [2.24, 2.45) is 0 Å². The van der Waals surface area contributed by atoms with Gasteiger partial charge < -0.3 is 9.84 Å². The SMILES string of the molecule is N#Cc1ccccc1CC1(O)CC2COCC(C1)N2Cc1ccccc1. The molecule has 4 rings (SSSR count). The third-order valence-electron chi connectivity index (χ3n) is 5.65. The van der Waals surface area contributed by atoms with E-state index in [1.807, 2.05) is 30.3 Å². The molecule has 1 N–H and O–H groups in total. The molecule has 4 heteroatoms. The lowest BCUT2D eigenvalue weighted by molar-refractivity contribution is -0.145. The summed E-state index contributed by atoms with van der Waals surface area (Å²) in [6.07, 6.45) is 1.88. The van der Waals surface area contributed by atoms with Crippen molar-refractivity contribution in [2.45, 2.75) is 43.5 Å². The number of ether oxygens (including phenoxy) is 1. The van der Waals surface area contributed by atoms with Crippen molar-refractivity contribution in [1.82, 2.24) is 4.90 Å². The van der Waals surface area contributed by atoms with Crippen LogP contribution in [-0.2, 0) is 17.7 Å². The van der Waals surface area contributed by atoms with E-state index in [2.05, 4.69) is 35.2 Å². The predicted octanol–water partition coefficient (Wildman–Crippen LogP) is 2.90. The van der Waals surface area contributed by atoms with Crippen LogP contribution in [-0.4, -0.2) is 40.9 Å². The number of aliphatic hydroxyl groups is 1. The highest BCUT2D eigenvalue weighted by atomic mass is 16.5. The van der Waals surface area contributed by atoms with Gasteiger partial charge in [-0.15, -0.1) is 0 Å². The maximum absolute atomic E-state index is 11.3. The molecule has 0 radical (unpaired) electrons. The van der Waals surface area contributed by atoms with Crippen LogP contribution < -0.4 is 0 Å². The van der Waals surface area contributed by atoms with E-state index in [0.717, 1.165) is 12.1 Å². The second kappa shape index (κ2) is 7.20. The zero-order valence-electron chi connectivity index (χ0n) is 14.8. The Bertz CT molecular complexity index is 785. The number of benzene rings is 2. The molecule has 0 aliphatic carbocycles. The molecule has 0 saturated carbocycles. The quantitative estimate of drug-likeness (QED) is 0.923. The molecule has 2 aliphatic rings. The molecule has 0 spiro atoms. The van der Waals surface area contributed by atoms with Crippen LogP contribution in [0.3, 0.4) is 0 Å². The lowest BCUT2D eigenvalue weighted by Gasteiger charge is -2.52. The van der Waals surface area contributed by atoms with E-state index >= 15 is 0 Å². The highest BCUT2D eigenvalue weighted by Gasteiger charge is 2.46. The fourth-order valence-corrected chi connectivity index (χ4v) is 4.48. The summed E-state index contributed by atoms with van der Waals surface area (Å²) in [5, 5.41) is 20.7. The van der Waals surface area contributed by atoms with Crippen molar-refractivity contribution in [3.63, 3.8) is 0 Å². The first-order chi connectivity index (χ1) is 12.7. The van der Waals surface area contributed by atoms with Crippen LogP contribution in [0.25, 0.3) is 0 Å². The number of nitrogens with zero attached hydrogens (tertiary/aromatic N) is 2. The van der Waals surface area contributed by atoms with E-state index in [1.165, 1.54) is 5.56 Å². The van der Waals surface area contributed by atoms with Crippen LogP contribution >= 0.6 is 0 Å². The van der Waals surface area contributed by atoms with Gasteiger partial charge in [0.15, 0.2) is 0 Å². The van der Waals surface area contributed by atoms with E-state index in [9.17, 15) is 10.4 Å². The summed E-state index contributed by atoms with van der Waals surface area (Å²) >= 11 is 0. The highest BCUT2D eigenvalue weighted by Crippen LogP contribution is 2.37. The van der Waals surface area contributed by atoms with Gasteiger partial charge in [0.1, 0.15) is 0 Å².